The molecule has 0 aromatic heterocycles. The van der Waals surface area contributed by atoms with Crippen molar-refractivity contribution in [3.63, 3.8) is 0 Å². The van der Waals surface area contributed by atoms with Gasteiger partial charge in [-0.1, -0.05) is 24.0 Å². The third kappa shape index (κ3) is 4.39. The number of ketones is 1. The molecule has 1 aromatic carbocycles. The largest absolute Gasteiger partial charge is 0.508 e. The molecule has 0 N–H and O–H groups in total. The first-order valence-corrected chi connectivity index (χ1v) is 4.94. The monoisotopic (exact) mass is 232 g/mol. The van der Waals surface area contributed by atoms with Crippen LogP contribution in [0, 0.1) is 11.8 Å². The molecule has 4 heteroatoms. The molecular formula is C13H12O4. The Bertz CT molecular complexity index is 462. The number of hydrogen-bond acceptors (Lipinski definition) is 4. The Morgan fingerprint density at radius 1 is 1.24 bits per heavy atom. The minimum atomic E-state index is -0.758. The molecule has 4 nitrogen and oxygen atoms in total. The Morgan fingerprint density at radius 2 is 1.88 bits per heavy atom. The predicted octanol–water partition coefficient (Wildman–Crippen LogP) is 2.02. The van der Waals surface area contributed by atoms with Crippen molar-refractivity contribution in [3.8, 4) is 11.8 Å². The molecule has 1 rings (SSSR count). The van der Waals surface area contributed by atoms with Gasteiger partial charge in [0.05, 0.1) is 7.11 Å². The summed E-state index contributed by atoms with van der Waals surface area (Å²) in [7, 11) is 1.23. The lowest BCUT2D eigenvalue weighted by atomic mass is 10.1. The second-order valence-electron chi connectivity index (χ2n) is 3.18. The van der Waals surface area contributed by atoms with Gasteiger partial charge in [-0.15, -0.1) is 0 Å². The Kier molecular flexibility index (Phi) is 4.77. The molecule has 0 amide bonds. The highest BCUT2D eigenvalue weighted by molar-refractivity contribution is 5.94. The predicted molar refractivity (Wildman–Crippen MR) is 61.7 cm³/mol. The molecule has 88 valence electrons. The van der Waals surface area contributed by atoms with Crippen molar-refractivity contribution in [1.29, 1.82) is 0 Å². The molecule has 0 saturated carbocycles. The van der Waals surface area contributed by atoms with Crippen molar-refractivity contribution in [3.05, 3.63) is 35.4 Å². The summed E-state index contributed by atoms with van der Waals surface area (Å²) in [5, 5.41) is 0. The molecule has 0 bridgehead atoms. The molecule has 0 heterocycles. The van der Waals surface area contributed by atoms with Crippen molar-refractivity contribution in [2.45, 2.75) is 6.92 Å². The number of rotatable bonds is 2. The Morgan fingerprint density at radius 3 is 2.41 bits per heavy atom. The molecule has 0 aliphatic heterocycles. The van der Waals surface area contributed by atoms with Gasteiger partial charge in [-0.3, -0.25) is 4.79 Å². The quantitative estimate of drug-likeness (QED) is 0.444. The minimum absolute atomic E-state index is 0.0125. The normalized spacial score (nSPS) is 8.82. The van der Waals surface area contributed by atoms with Gasteiger partial charge >= 0.3 is 6.16 Å². The second-order valence-corrected chi connectivity index (χ2v) is 3.18. The van der Waals surface area contributed by atoms with E-state index in [0.717, 1.165) is 5.56 Å². The summed E-state index contributed by atoms with van der Waals surface area (Å²) in [6.07, 6.45) is -0.758. The summed E-state index contributed by atoms with van der Waals surface area (Å²) in [4.78, 5) is 21.6. The molecule has 0 radical (unpaired) electrons. The summed E-state index contributed by atoms with van der Waals surface area (Å²) < 4.78 is 8.86. The summed E-state index contributed by atoms with van der Waals surface area (Å²) in [6.45, 7) is 1.48. The van der Waals surface area contributed by atoms with E-state index in [2.05, 4.69) is 21.3 Å². The van der Waals surface area contributed by atoms with E-state index in [0.29, 0.717) is 5.56 Å². The van der Waals surface area contributed by atoms with Gasteiger partial charge in [0.1, 0.15) is 0 Å². The lowest BCUT2D eigenvalue weighted by Crippen LogP contribution is -2.03. The zero-order valence-electron chi connectivity index (χ0n) is 9.65. The summed E-state index contributed by atoms with van der Waals surface area (Å²) in [5.74, 6) is 5.47. The molecule has 1 aromatic rings. The topological polar surface area (TPSA) is 52.6 Å². The zero-order valence-corrected chi connectivity index (χ0v) is 9.65. The van der Waals surface area contributed by atoms with Gasteiger partial charge in [0.15, 0.2) is 12.4 Å². The second kappa shape index (κ2) is 6.33. The SMILES string of the molecule is COC(=O)OCC#Cc1ccc(C(C)=O)cc1. The Balaban J connectivity index is 2.55. The van der Waals surface area contributed by atoms with Gasteiger partial charge in [-0.2, -0.15) is 0 Å². The summed E-state index contributed by atoms with van der Waals surface area (Å²) in [5.41, 5.74) is 1.39. The molecule has 0 unspecified atom stereocenters. The minimum Gasteiger partial charge on any atom is -0.438 e. The van der Waals surface area contributed by atoms with Gasteiger partial charge < -0.3 is 9.47 Å². The fourth-order valence-corrected chi connectivity index (χ4v) is 1.08. The highest BCUT2D eigenvalue weighted by Crippen LogP contribution is 2.03. The van der Waals surface area contributed by atoms with Gasteiger partial charge in [-0.25, -0.2) is 4.79 Å². The van der Waals surface area contributed by atoms with E-state index < -0.39 is 6.16 Å². The van der Waals surface area contributed by atoms with Crippen LogP contribution in [-0.4, -0.2) is 25.7 Å². The van der Waals surface area contributed by atoms with Crippen molar-refractivity contribution in [1.82, 2.24) is 0 Å². The van der Waals surface area contributed by atoms with E-state index in [9.17, 15) is 9.59 Å². The third-order valence-electron chi connectivity index (χ3n) is 1.95. The van der Waals surface area contributed by atoms with Crippen LogP contribution >= 0.6 is 0 Å². The number of ether oxygens (including phenoxy) is 2. The highest BCUT2D eigenvalue weighted by atomic mass is 16.7. The molecule has 0 aliphatic carbocycles. The molecule has 17 heavy (non-hydrogen) atoms. The van der Waals surface area contributed by atoms with E-state index in [1.165, 1.54) is 14.0 Å². The average Bonchev–Trinajstić information content (AvgIpc) is 2.34. The molecule has 0 spiro atoms. The number of hydrogen-bond donors (Lipinski definition) is 0. The van der Waals surface area contributed by atoms with Crippen LogP contribution in [0.15, 0.2) is 24.3 Å². The van der Waals surface area contributed by atoms with E-state index in [1.54, 1.807) is 24.3 Å². The van der Waals surface area contributed by atoms with E-state index in [4.69, 9.17) is 0 Å². The average molecular weight is 232 g/mol. The third-order valence-corrected chi connectivity index (χ3v) is 1.95. The molecule has 0 saturated heterocycles. The zero-order chi connectivity index (χ0) is 12.7. The first-order chi connectivity index (χ1) is 8.13. The van der Waals surface area contributed by atoms with Crippen LogP contribution in [0.4, 0.5) is 4.79 Å². The molecule has 0 atom stereocenters. The number of methoxy groups -OCH3 is 1. The Labute approximate surface area is 99.5 Å². The number of carbonyl (C=O) groups excluding carboxylic acids is 2. The lowest BCUT2D eigenvalue weighted by molar-refractivity contribution is 0.0832. The maximum atomic E-state index is 11.0. The van der Waals surface area contributed by atoms with Crippen molar-refractivity contribution in [2.24, 2.45) is 0 Å². The van der Waals surface area contributed by atoms with Crippen molar-refractivity contribution in [2.75, 3.05) is 13.7 Å². The van der Waals surface area contributed by atoms with Crippen LogP contribution in [0.2, 0.25) is 0 Å². The molecule has 0 fully saturated rings. The number of carbonyl (C=O) groups is 2. The van der Waals surface area contributed by atoms with Crippen LogP contribution in [0.5, 0.6) is 0 Å². The van der Waals surface area contributed by atoms with Crippen molar-refractivity contribution >= 4 is 11.9 Å². The summed E-state index contributed by atoms with van der Waals surface area (Å²) in [6, 6.07) is 6.88. The fourth-order valence-electron chi connectivity index (χ4n) is 1.08. The van der Waals surface area contributed by atoms with E-state index in [-0.39, 0.29) is 12.4 Å². The van der Waals surface area contributed by atoms with Gasteiger partial charge in [0.25, 0.3) is 0 Å². The van der Waals surface area contributed by atoms with Crippen LogP contribution in [0.25, 0.3) is 0 Å². The van der Waals surface area contributed by atoms with Crippen LogP contribution in [0.1, 0.15) is 22.8 Å². The molecular weight excluding hydrogens is 220 g/mol. The van der Waals surface area contributed by atoms with Gasteiger partial charge in [0, 0.05) is 11.1 Å². The van der Waals surface area contributed by atoms with Crippen LogP contribution < -0.4 is 0 Å². The smallest absolute Gasteiger partial charge is 0.438 e. The van der Waals surface area contributed by atoms with Gasteiger partial charge in [-0.05, 0) is 19.1 Å². The van der Waals surface area contributed by atoms with Crippen LogP contribution in [-0.2, 0) is 9.47 Å². The van der Waals surface area contributed by atoms with Crippen LogP contribution in [0.3, 0.4) is 0 Å². The molecule has 0 aliphatic rings. The fraction of sp³-hybridized carbons (Fsp3) is 0.231. The first kappa shape index (κ1) is 12.8. The van der Waals surface area contributed by atoms with Gasteiger partial charge in [0.2, 0.25) is 0 Å². The van der Waals surface area contributed by atoms with Crippen molar-refractivity contribution < 1.29 is 19.1 Å². The Hall–Kier alpha value is -2.28. The first-order valence-electron chi connectivity index (χ1n) is 4.94. The number of benzene rings is 1. The summed E-state index contributed by atoms with van der Waals surface area (Å²) >= 11 is 0. The maximum absolute atomic E-state index is 11.0. The number of Topliss-reactive ketones (excluding diaryl/α,β-unsaturated/α-hetero) is 1. The lowest BCUT2D eigenvalue weighted by Gasteiger charge is -1.96. The van der Waals surface area contributed by atoms with E-state index in [1.807, 2.05) is 0 Å². The van der Waals surface area contributed by atoms with E-state index >= 15 is 0 Å². The standard InChI is InChI=1S/C13H12O4/c1-10(14)12-7-5-11(6-8-12)4-3-9-17-13(15)16-2/h5-8H,9H2,1-2H3. The maximum Gasteiger partial charge on any atom is 0.508 e. The highest BCUT2D eigenvalue weighted by Gasteiger charge is 1.97.